The maximum atomic E-state index is 13.9. The van der Waals surface area contributed by atoms with E-state index in [4.69, 9.17) is 21.3 Å². The molecule has 1 heterocycles. The van der Waals surface area contributed by atoms with Gasteiger partial charge in [0.15, 0.2) is 0 Å². The lowest BCUT2D eigenvalue weighted by Gasteiger charge is -2.59. The standard InChI is InChI=1S/C35H40ClN3O5.ClH/c1-20-6-4-5-7-27(20)28-9-11-30(33(41)38-35(34(42)43)24-13-21-12-22(15-24)16-25(35)14-21)37-32(28)23-8-10-29(36)31(17-23)44-19-26(40)18-39(2)3;/h4-11,17,21-22,24-26,40H,12-16,18-19H2,1-3H3,(H,38,41)(H,42,43);1H/t21?,22?,24?,25?,26-,35?;/m0./s1. The van der Waals surface area contributed by atoms with Gasteiger partial charge in [0.2, 0.25) is 0 Å². The van der Waals surface area contributed by atoms with E-state index in [1.165, 1.54) is 6.42 Å². The van der Waals surface area contributed by atoms with Crippen molar-refractivity contribution in [2.75, 3.05) is 27.2 Å². The van der Waals surface area contributed by atoms with Gasteiger partial charge in [-0.3, -0.25) is 4.79 Å². The van der Waals surface area contributed by atoms with Crippen LogP contribution in [0.15, 0.2) is 54.6 Å². The molecule has 4 bridgehead atoms. The number of rotatable bonds is 10. The number of nitrogens with zero attached hydrogens (tertiary/aromatic N) is 2. The number of aliphatic hydroxyl groups excluding tert-OH is 1. The molecule has 1 amide bonds. The van der Waals surface area contributed by atoms with Crippen LogP contribution in [-0.2, 0) is 4.79 Å². The normalized spacial score (nSPS) is 25.5. The highest BCUT2D eigenvalue weighted by Gasteiger charge is 2.62. The molecule has 1 aromatic heterocycles. The van der Waals surface area contributed by atoms with Gasteiger partial charge in [0.25, 0.3) is 5.91 Å². The third-order valence-electron chi connectivity index (χ3n) is 9.88. The van der Waals surface area contributed by atoms with E-state index in [-0.39, 0.29) is 36.5 Å². The summed E-state index contributed by atoms with van der Waals surface area (Å²) in [6, 6.07) is 16.8. The monoisotopic (exact) mass is 653 g/mol. The van der Waals surface area contributed by atoms with Crippen LogP contribution in [0.1, 0.15) is 48.2 Å². The van der Waals surface area contributed by atoms with Crippen LogP contribution < -0.4 is 10.1 Å². The number of benzene rings is 2. The third-order valence-corrected chi connectivity index (χ3v) is 10.2. The fourth-order valence-corrected chi connectivity index (χ4v) is 8.28. The molecule has 0 radical (unpaired) electrons. The molecular weight excluding hydrogens is 613 g/mol. The van der Waals surface area contributed by atoms with Crippen LogP contribution in [0.4, 0.5) is 0 Å². The molecule has 0 aliphatic heterocycles. The molecule has 0 saturated heterocycles. The summed E-state index contributed by atoms with van der Waals surface area (Å²) in [7, 11) is 3.75. The number of carboxylic acid groups (broad SMARTS) is 1. The Morgan fingerprint density at radius 2 is 1.69 bits per heavy atom. The molecule has 0 unspecified atom stereocenters. The lowest BCUT2D eigenvalue weighted by atomic mass is 9.48. The second-order valence-corrected chi connectivity index (χ2v) is 13.6. The van der Waals surface area contributed by atoms with E-state index >= 15 is 0 Å². The maximum Gasteiger partial charge on any atom is 0.330 e. The second-order valence-electron chi connectivity index (χ2n) is 13.2. The zero-order chi connectivity index (χ0) is 31.2. The predicted molar refractivity (Wildman–Crippen MR) is 177 cm³/mol. The number of halogens is 2. The van der Waals surface area contributed by atoms with Crippen molar-refractivity contribution in [3.8, 4) is 28.1 Å². The summed E-state index contributed by atoms with van der Waals surface area (Å²) in [6.07, 6.45) is 3.87. The summed E-state index contributed by atoms with van der Waals surface area (Å²) >= 11 is 6.49. The molecule has 1 atom stereocenters. The summed E-state index contributed by atoms with van der Waals surface area (Å²) < 4.78 is 5.92. The Bertz CT molecular complexity index is 1550. The number of amides is 1. The third kappa shape index (κ3) is 6.43. The van der Waals surface area contributed by atoms with Crippen molar-refractivity contribution in [2.45, 2.75) is 50.7 Å². The van der Waals surface area contributed by atoms with E-state index in [9.17, 15) is 19.8 Å². The van der Waals surface area contributed by atoms with Gasteiger partial charge in [-0.2, -0.15) is 0 Å². The number of aliphatic hydroxyl groups is 1. The number of carbonyl (C=O) groups excluding carboxylic acids is 1. The topological polar surface area (TPSA) is 112 Å². The van der Waals surface area contributed by atoms with Crippen molar-refractivity contribution in [1.29, 1.82) is 0 Å². The average molecular weight is 655 g/mol. The molecular formula is C35H41Cl2N3O5. The van der Waals surface area contributed by atoms with Gasteiger partial charge in [-0.15, -0.1) is 12.4 Å². The number of nitrogens with one attached hydrogen (secondary N) is 1. The van der Waals surface area contributed by atoms with Gasteiger partial charge < -0.3 is 25.2 Å². The first-order chi connectivity index (χ1) is 21.0. The summed E-state index contributed by atoms with van der Waals surface area (Å²) in [4.78, 5) is 33.6. The van der Waals surface area contributed by atoms with Gasteiger partial charge in [0.1, 0.15) is 29.7 Å². The SMILES string of the molecule is Cc1ccccc1-c1ccc(C(=O)NC2(C(=O)O)C3CC4CC(C3)CC2C4)nc1-c1ccc(Cl)c(OC[C@@H](O)CN(C)C)c1.Cl. The molecule has 4 aliphatic rings. The number of carboxylic acids is 1. The highest BCUT2D eigenvalue weighted by molar-refractivity contribution is 6.32. The van der Waals surface area contributed by atoms with Gasteiger partial charge in [-0.25, -0.2) is 9.78 Å². The van der Waals surface area contributed by atoms with E-state index in [2.05, 4.69) is 5.32 Å². The molecule has 0 spiro atoms. The van der Waals surface area contributed by atoms with Crippen LogP contribution in [0.2, 0.25) is 5.02 Å². The molecule has 7 rings (SSSR count). The molecule has 4 saturated carbocycles. The summed E-state index contributed by atoms with van der Waals surface area (Å²) in [5.74, 6) is -0.0278. The van der Waals surface area contributed by atoms with Gasteiger partial charge in [0, 0.05) is 17.7 Å². The Hall–Kier alpha value is -3.17. The highest BCUT2D eigenvalue weighted by atomic mass is 35.5. The average Bonchev–Trinajstić information content (AvgIpc) is 2.98. The summed E-state index contributed by atoms with van der Waals surface area (Å²) in [6.45, 7) is 2.52. The molecule has 2 aromatic carbocycles. The first-order valence-electron chi connectivity index (χ1n) is 15.4. The Morgan fingerprint density at radius 3 is 2.31 bits per heavy atom. The van der Waals surface area contributed by atoms with Gasteiger partial charge >= 0.3 is 5.97 Å². The summed E-state index contributed by atoms with van der Waals surface area (Å²) in [5, 5.41) is 24.3. The number of ether oxygens (including phenoxy) is 1. The maximum absolute atomic E-state index is 13.9. The molecule has 3 aromatic rings. The van der Waals surface area contributed by atoms with E-state index in [0.29, 0.717) is 40.4 Å². The van der Waals surface area contributed by atoms with Crippen molar-refractivity contribution in [2.24, 2.45) is 23.7 Å². The zero-order valence-corrected chi connectivity index (χ0v) is 27.4. The molecule has 4 aliphatic carbocycles. The number of carbonyl (C=O) groups is 2. The number of aliphatic carboxylic acids is 1. The van der Waals surface area contributed by atoms with Crippen molar-refractivity contribution in [3.05, 3.63) is 70.9 Å². The fraction of sp³-hybridized carbons (Fsp3) is 0.457. The molecule has 3 N–H and O–H groups in total. The number of aromatic nitrogens is 1. The van der Waals surface area contributed by atoms with Crippen molar-refractivity contribution >= 4 is 35.9 Å². The van der Waals surface area contributed by atoms with Crippen molar-refractivity contribution < 1.29 is 24.5 Å². The zero-order valence-electron chi connectivity index (χ0n) is 25.8. The fourth-order valence-electron chi connectivity index (χ4n) is 8.11. The van der Waals surface area contributed by atoms with E-state index in [1.807, 2.05) is 62.3 Å². The van der Waals surface area contributed by atoms with Crippen molar-refractivity contribution in [3.63, 3.8) is 0 Å². The molecule has 45 heavy (non-hydrogen) atoms. The highest BCUT2D eigenvalue weighted by Crippen LogP contribution is 2.58. The minimum atomic E-state index is -1.27. The number of pyridine rings is 1. The lowest BCUT2D eigenvalue weighted by Crippen LogP contribution is -2.70. The first-order valence-corrected chi connectivity index (χ1v) is 15.8. The Kier molecular flexibility index (Phi) is 9.80. The number of hydrogen-bond donors (Lipinski definition) is 3. The van der Waals surface area contributed by atoms with Gasteiger partial charge in [-0.1, -0.05) is 41.9 Å². The molecule has 240 valence electrons. The molecule has 8 nitrogen and oxygen atoms in total. The number of aryl methyl sites for hydroxylation is 1. The summed E-state index contributed by atoms with van der Waals surface area (Å²) in [5.41, 5.74) is 2.95. The Balaban J connectivity index is 0.00000400. The van der Waals surface area contributed by atoms with Gasteiger partial charge in [-0.05, 0) is 112 Å². The van der Waals surface area contributed by atoms with E-state index in [1.54, 1.807) is 18.2 Å². The van der Waals surface area contributed by atoms with Gasteiger partial charge in [0.05, 0.1) is 10.7 Å². The first kappa shape index (κ1) is 33.2. The van der Waals surface area contributed by atoms with Crippen LogP contribution >= 0.6 is 24.0 Å². The quantitative estimate of drug-likeness (QED) is 0.242. The largest absolute Gasteiger partial charge is 0.489 e. The Labute approximate surface area is 275 Å². The van der Waals surface area contributed by atoms with Crippen molar-refractivity contribution in [1.82, 2.24) is 15.2 Å². The lowest BCUT2D eigenvalue weighted by molar-refractivity contribution is -0.163. The predicted octanol–water partition coefficient (Wildman–Crippen LogP) is 6.11. The Morgan fingerprint density at radius 1 is 1.02 bits per heavy atom. The van der Waals surface area contributed by atoms with E-state index in [0.717, 1.165) is 42.4 Å². The minimum Gasteiger partial charge on any atom is -0.489 e. The molecule has 4 fully saturated rings. The second kappa shape index (κ2) is 13.3. The number of likely N-dealkylation sites (N-methyl/N-ethyl adjacent to an activating group) is 1. The van der Waals surface area contributed by atoms with Crippen LogP contribution in [-0.4, -0.2) is 70.9 Å². The van der Waals surface area contributed by atoms with Crippen LogP contribution in [0.25, 0.3) is 22.4 Å². The van der Waals surface area contributed by atoms with Crippen LogP contribution in [0.5, 0.6) is 5.75 Å². The minimum absolute atomic E-state index is 0. The molecule has 10 heteroatoms. The smallest absolute Gasteiger partial charge is 0.330 e. The van der Waals surface area contributed by atoms with Crippen LogP contribution in [0, 0.1) is 30.6 Å². The number of hydrogen-bond acceptors (Lipinski definition) is 6. The van der Waals surface area contributed by atoms with Crippen LogP contribution in [0.3, 0.4) is 0 Å². The van der Waals surface area contributed by atoms with E-state index < -0.39 is 23.5 Å².